The summed E-state index contributed by atoms with van der Waals surface area (Å²) in [7, 11) is -2.25. The van der Waals surface area contributed by atoms with E-state index < -0.39 is 8.56 Å². The van der Waals surface area contributed by atoms with Crippen LogP contribution in [-0.4, -0.2) is 32.0 Å². The molecule has 0 fully saturated rings. The number of aliphatic hydroxyl groups excluding tert-OH is 1. The van der Waals surface area contributed by atoms with E-state index in [1.165, 1.54) is 38.5 Å². The maximum absolute atomic E-state index is 9.18. The van der Waals surface area contributed by atoms with E-state index in [9.17, 15) is 5.11 Å². The molecule has 0 bridgehead atoms. The minimum atomic E-state index is -2.25. The van der Waals surface area contributed by atoms with Crippen LogP contribution in [0.15, 0.2) is 36.5 Å². The molecule has 3 atom stereocenters. The molecule has 0 saturated carbocycles. The van der Waals surface area contributed by atoms with Crippen LogP contribution in [0.4, 0.5) is 0 Å². The van der Waals surface area contributed by atoms with Crippen molar-refractivity contribution in [3.8, 4) is 0 Å². The van der Waals surface area contributed by atoms with Gasteiger partial charge >= 0.3 is 8.56 Å². The number of aliphatic hydroxyl groups is 1. The smallest absolute Gasteiger partial charge is 0.343 e. The fourth-order valence-corrected chi connectivity index (χ4v) is 9.38. The van der Waals surface area contributed by atoms with E-state index in [4.69, 9.17) is 10.2 Å². The third-order valence-electron chi connectivity index (χ3n) is 7.49. The van der Waals surface area contributed by atoms with Crippen LogP contribution in [0.3, 0.4) is 0 Å². The lowest BCUT2D eigenvalue weighted by molar-refractivity contribution is 0.0509. The Bertz CT molecular complexity index is 592. The van der Waals surface area contributed by atoms with Gasteiger partial charge in [-0.3, -0.25) is 0 Å². The fourth-order valence-electron chi connectivity index (χ4n) is 5.39. The zero-order valence-corrected chi connectivity index (χ0v) is 25.4. The average Bonchev–Trinajstić information content (AvgIpc) is 2.79. The van der Waals surface area contributed by atoms with Crippen molar-refractivity contribution in [2.75, 3.05) is 0 Å². The zero-order valence-electron chi connectivity index (χ0n) is 25.4. The SMILES string of the molecule is CC(C)[Si](OC1CC/C=C\CCC1)(OC1CC/C=C\CCC1)C(C)C.OC1CC/C=C\CCC1.[2H]CC. The molecule has 0 aromatic carbocycles. The summed E-state index contributed by atoms with van der Waals surface area (Å²) in [6, 6.07) is 0. The normalized spacial score (nSPS) is 28.8. The topological polar surface area (TPSA) is 38.7 Å². The van der Waals surface area contributed by atoms with Crippen molar-refractivity contribution < 1.29 is 15.3 Å². The minimum absolute atomic E-state index is 0.0325. The monoisotopic (exact) mass is 521 g/mol. The first-order valence-corrected chi connectivity index (χ1v) is 17.1. The second-order valence-electron chi connectivity index (χ2n) is 11.1. The van der Waals surface area contributed by atoms with E-state index in [-0.39, 0.29) is 6.10 Å². The molecule has 210 valence electrons. The van der Waals surface area contributed by atoms with Crippen molar-refractivity contribution in [2.45, 2.75) is 167 Å². The second kappa shape index (κ2) is 20.3. The van der Waals surface area contributed by atoms with Crippen molar-refractivity contribution in [1.82, 2.24) is 0 Å². The molecule has 3 aliphatic carbocycles. The van der Waals surface area contributed by atoms with E-state index in [2.05, 4.69) is 64.2 Å². The van der Waals surface area contributed by atoms with Crippen LogP contribution >= 0.6 is 0 Å². The average molecular weight is 522 g/mol. The molecule has 3 nitrogen and oxygen atoms in total. The molecule has 4 heteroatoms. The Balaban J connectivity index is 0.000000471. The van der Waals surface area contributed by atoms with Crippen molar-refractivity contribution in [1.29, 1.82) is 0 Å². The Morgan fingerprint density at radius 2 is 1.00 bits per heavy atom. The summed E-state index contributed by atoms with van der Waals surface area (Å²) in [6.45, 7) is 11.6. The van der Waals surface area contributed by atoms with Crippen LogP contribution in [0.2, 0.25) is 11.1 Å². The number of hydrogen-bond acceptors (Lipinski definition) is 3. The fraction of sp³-hybridized carbons (Fsp3) is 0.812. The van der Waals surface area contributed by atoms with Gasteiger partial charge in [0.25, 0.3) is 0 Å². The summed E-state index contributed by atoms with van der Waals surface area (Å²) in [4.78, 5) is 0. The molecule has 3 aliphatic rings. The first kappa shape index (κ1) is 31.5. The number of rotatable bonds is 6. The Morgan fingerprint density at radius 1 is 0.639 bits per heavy atom. The molecule has 0 heterocycles. The maximum atomic E-state index is 9.18. The number of hydrogen-bond donors (Lipinski definition) is 1. The Kier molecular flexibility index (Phi) is 17.8. The van der Waals surface area contributed by atoms with Crippen LogP contribution < -0.4 is 0 Å². The number of allylic oxidation sites excluding steroid dienone is 6. The third kappa shape index (κ3) is 13.2. The van der Waals surface area contributed by atoms with Gasteiger partial charge in [0.1, 0.15) is 0 Å². The molecular formula is C32H60O3Si. The standard InChI is InChI=1S/C22H40O2Si.C8H14O.C2H6/c1-19(2)25(20(3)4,23-21-15-11-7-5-8-12-16-21)24-22-17-13-9-6-10-14-18-22;9-8-6-4-2-1-3-5-7-8;1-2/h5-7,9,19-22H,8,10-18H2,1-4H3;1-2,8-9H,3-7H2;1-2H3/b7-5-,9-6-;2-1-;/i;;1D. The summed E-state index contributed by atoms with van der Waals surface area (Å²) in [6.07, 6.45) is 31.7. The maximum Gasteiger partial charge on any atom is 0.343 e. The van der Waals surface area contributed by atoms with Gasteiger partial charge in [-0.1, -0.05) is 78.0 Å². The van der Waals surface area contributed by atoms with E-state index in [0.717, 1.165) is 57.8 Å². The summed E-state index contributed by atoms with van der Waals surface area (Å²) in [5.74, 6) is 0. The summed E-state index contributed by atoms with van der Waals surface area (Å²) < 4.78 is 20.2. The zero-order chi connectivity index (χ0) is 27.4. The van der Waals surface area contributed by atoms with Gasteiger partial charge in [0.2, 0.25) is 0 Å². The molecule has 3 rings (SSSR count). The van der Waals surface area contributed by atoms with Crippen molar-refractivity contribution in [3.05, 3.63) is 36.5 Å². The van der Waals surface area contributed by atoms with Crippen molar-refractivity contribution in [3.63, 3.8) is 0 Å². The van der Waals surface area contributed by atoms with Crippen LogP contribution in [0.25, 0.3) is 0 Å². The van der Waals surface area contributed by atoms with Gasteiger partial charge in [-0.2, -0.15) is 0 Å². The highest BCUT2D eigenvalue weighted by Gasteiger charge is 2.48. The quantitative estimate of drug-likeness (QED) is 0.279. The Morgan fingerprint density at radius 3 is 1.42 bits per heavy atom. The highest BCUT2D eigenvalue weighted by Crippen LogP contribution is 2.39. The molecule has 0 aromatic rings. The predicted octanol–water partition coefficient (Wildman–Crippen LogP) is 9.95. The van der Waals surface area contributed by atoms with E-state index in [1.807, 2.05) is 0 Å². The summed E-state index contributed by atoms with van der Waals surface area (Å²) in [5.41, 5.74) is 0.990. The van der Waals surface area contributed by atoms with Gasteiger partial charge in [-0.15, -0.1) is 0 Å². The third-order valence-corrected chi connectivity index (χ3v) is 12.1. The first-order valence-electron chi connectivity index (χ1n) is 15.8. The second-order valence-corrected chi connectivity index (χ2v) is 15.3. The van der Waals surface area contributed by atoms with Crippen molar-refractivity contribution >= 4 is 8.56 Å². The van der Waals surface area contributed by atoms with E-state index in [0.29, 0.717) is 30.2 Å². The molecule has 0 saturated heterocycles. The van der Waals surface area contributed by atoms with Gasteiger partial charge in [0.05, 0.1) is 6.10 Å². The molecule has 0 amide bonds. The van der Waals surface area contributed by atoms with Crippen molar-refractivity contribution in [2.24, 2.45) is 0 Å². The molecule has 0 spiro atoms. The van der Waals surface area contributed by atoms with Gasteiger partial charge < -0.3 is 14.0 Å². The lowest BCUT2D eigenvalue weighted by Crippen LogP contribution is -2.52. The van der Waals surface area contributed by atoms with E-state index >= 15 is 0 Å². The van der Waals surface area contributed by atoms with Gasteiger partial charge in [-0.05, 0) is 107 Å². The summed E-state index contributed by atoms with van der Waals surface area (Å²) >= 11 is 0. The molecule has 3 unspecified atom stereocenters. The molecule has 1 N–H and O–H groups in total. The highest BCUT2D eigenvalue weighted by atomic mass is 28.4. The Hall–Kier alpha value is -0.683. The van der Waals surface area contributed by atoms with Gasteiger partial charge in [0, 0.05) is 13.6 Å². The van der Waals surface area contributed by atoms with Crippen LogP contribution in [0.5, 0.6) is 0 Å². The van der Waals surface area contributed by atoms with Crippen LogP contribution in [0.1, 0.15) is 139 Å². The van der Waals surface area contributed by atoms with Gasteiger partial charge in [0.15, 0.2) is 0 Å². The molecular weight excluding hydrogens is 460 g/mol. The van der Waals surface area contributed by atoms with Gasteiger partial charge in [-0.25, -0.2) is 0 Å². The minimum Gasteiger partial charge on any atom is -0.393 e. The lowest BCUT2D eigenvalue weighted by Gasteiger charge is -2.43. The largest absolute Gasteiger partial charge is 0.393 e. The summed E-state index contributed by atoms with van der Waals surface area (Å²) in [5, 5.41) is 9.18. The predicted molar refractivity (Wildman–Crippen MR) is 160 cm³/mol. The molecule has 36 heavy (non-hydrogen) atoms. The molecule has 0 radical (unpaired) electrons. The van der Waals surface area contributed by atoms with Crippen LogP contribution in [-0.2, 0) is 8.85 Å². The Labute approximate surface area is 227 Å². The van der Waals surface area contributed by atoms with Crippen LogP contribution in [0, 0.1) is 0 Å². The van der Waals surface area contributed by atoms with E-state index in [1.54, 1.807) is 6.92 Å². The highest BCUT2D eigenvalue weighted by molar-refractivity contribution is 6.70. The molecule has 0 aliphatic heterocycles. The first-order chi connectivity index (χ1) is 17.9. The molecule has 0 aromatic heterocycles. The lowest BCUT2D eigenvalue weighted by atomic mass is 10.0.